The van der Waals surface area contributed by atoms with Gasteiger partial charge in [0.15, 0.2) is 0 Å². The summed E-state index contributed by atoms with van der Waals surface area (Å²) in [6, 6.07) is 4.80. The van der Waals surface area contributed by atoms with Gasteiger partial charge >= 0.3 is 0 Å². The van der Waals surface area contributed by atoms with E-state index in [9.17, 15) is 4.39 Å². The van der Waals surface area contributed by atoms with Crippen LogP contribution in [0.2, 0.25) is 5.02 Å². The summed E-state index contributed by atoms with van der Waals surface area (Å²) in [6.45, 7) is 3.91. The number of hydrogen-bond acceptors (Lipinski definition) is 3. The van der Waals surface area contributed by atoms with Gasteiger partial charge in [0, 0.05) is 30.8 Å². The Hall–Kier alpha value is -0.850. The van der Waals surface area contributed by atoms with Crippen molar-refractivity contribution >= 4 is 36.4 Å². The van der Waals surface area contributed by atoms with E-state index in [4.69, 9.17) is 16.6 Å². The van der Waals surface area contributed by atoms with Gasteiger partial charge in [-0.15, -0.1) is 24.8 Å². The maximum atomic E-state index is 13.4. The van der Waals surface area contributed by atoms with Crippen LogP contribution in [-0.2, 0) is 6.54 Å². The van der Waals surface area contributed by atoms with Gasteiger partial charge in [0.2, 0.25) is 0 Å². The van der Waals surface area contributed by atoms with E-state index in [0.717, 1.165) is 56.1 Å². The Morgan fingerprint density at radius 2 is 1.96 bits per heavy atom. The predicted molar refractivity (Wildman–Crippen MR) is 111 cm³/mol. The topological polar surface area (TPSA) is 33.1 Å². The van der Waals surface area contributed by atoms with Crippen molar-refractivity contribution in [2.24, 2.45) is 0 Å². The summed E-state index contributed by atoms with van der Waals surface area (Å²) < 4.78 is 15.7. The highest BCUT2D eigenvalue weighted by Gasteiger charge is 2.22. The number of benzene rings is 1. The van der Waals surface area contributed by atoms with Gasteiger partial charge in [-0.05, 0) is 58.2 Å². The van der Waals surface area contributed by atoms with Crippen molar-refractivity contribution in [2.45, 2.75) is 25.3 Å². The second-order valence-electron chi connectivity index (χ2n) is 6.63. The number of likely N-dealkylation sites (N-methyl/N-ethyl adjacent to an activating group) is 1. The number of imidazole rings is 1. The Morgan fingerprint density at radius 1 is 1.27 bits per heavy atom. The first-order valence-electron chi connectivity index (χ1n) is 8.42. The lowest BCUT2D eigenvalue weighted by atomic mass is 9.97. The van der Waals surface area contributed by atoms with Gasteiger partial charge in [0.1, 0.15) is 11.6 Å². The lowest BCUT2D eigenvalue weighted by Gasteiger charge is -2.23. The summed E-state index contributed by atoms with van der Waals surface area (Å²) in [7, 11) is 4.14. The standard InChI is InChI=1S/C18H24ClFN4.2ClH/c1-23(2)9-10-24-12-17(14-3-4-16(20)15(19)11-14)22-18(24)13-5-7-21-8-6-13;;/h3-4,11-13,21H,5-10H2,1-2H3;2*1H. The predicted octanol–water partition coefficient (Wildman–Crippen LogP) is 4.21. The van der Waals surface area contributed by atoms with Gasteiger partial charge in [-0.1, -0.05) is 11.6 Å². The molecule has 0 spiro atoms. The zero-order chi connectivity index (χ0) is 17.1. The smallest absolute Gasteiger partial charge is 0.141 e. The van der Waals surface area contributed by atoms with Crippen molar-refractivity contribution < 1.29 is 4.39 Å². The van der Waals surface area contributed by atoms with Gasteiger partial charge in [0.25, 0.3) is 0 Å². The minimum Gasteiger partial charge on any atom is -0.333 e. The van der Waals surface area contributed by atoms with Crippen LogP contribution in [0.15, 0.2) is 24.4 Å². The largest absolute Gasteiger partial charge is 0.333 e. The highest BCUT2D eigenvalue weighted by molar-refractivity contribution is 6.31. The molecule has 1 N–H and O–H groups in total. The zero-order valence-corrected chi connectivity index (χ0v) is 17.4. The first-order valence-corrected chi connectivity index (χ1v) is 8.80. The van der Waals surface area contributed by atoms with Crippen molar-refractivity contribution in [3.8, 4) is 11.3 Å². The number of piperidine rings is 1. The highest BCUT2D eigenvalue weighted by Crippen LogP contribution is 2.29. The van der Waals surface area contributed by atoms with Gasteiger partial charge in [0.05, 0.1) is 10.7 Å². The van der Waals surface area contributed by atoms with E-state index in [1.54, 1.807) is 12.1 Å². The Bertz CT molecular complexity index is 700. The molecule has 8 heteroatoms. The van der Waals surface area contributed by atoms with Crippen LogP contribution in [0.25, 0.3) is 11.3 Å². The average molecular weight is 424 g/mol. The van der Waals surface area contributed by atoms with E-state index >= 15 is 0 Å². The molecule has 1 aromatic carbocycles. The lowest BCUT2D eigenvalue weighted by Crippen LogP contribution is -2.28. The first kappa shape index (κ1) is 23.2. The van der Waals surface area contributed by atoms with Crippen molar-refractivity contribution in [3.63, 3.8) is 0 Å². The van der Waals surface area contributed by atoms with Crippen LogP contribution >= 0.6 is 36.4 Å². The quantitative estimate of drug-likeness (QED) is 0.782. The van der Waals surface area contributed by atoms with Crippen molar-refractivity contribution in [1.29, 1.82) is 0 Å². The molecule has 0 radical (unpaired) electrons. The fourth-order valence-electron chi connectivity index (χ4n) is 3.12. The monoisotopic (exact) mass is 422 g/mol. The Morgan fingerprint density at radius 3 is 2.58 bits per heavy atom. The molecule has 0 atom stereocenters. The van der Waals surface area contributed by atoms with Crippen molar-refractivity contribution in [3.05, 3.63) is 41.1 Å². The Kier molecular flexibility index (Phi) is 9.34. The third-order valence-electron chi connectivity index (χ3n) is 4.52. The second-order valence-corrected chi connectivity index (χ2v) is 7.04. The molecule has 4 nitrogen and oxygen atoms in total. The van der Waals surface area contributed by atoms with Gasteiger partial charge in [-0.3, -0.25) is 0 Å². The van der Waals surface area contributed by atoms with Crippen LogP contribution in [0.3, 0.4) is 0 Å². The molecule has 1 aliphatic rings. The number of hydrogen-bond donors (Lipinski definition) is 1. The molecule has 1 aliphatic heterocycles. The van der Waals surface area contributed by atoms with E-state index in [-0.39, 0.29) is 29.8 Å². The summed E-state index contributed by atoms with van der Waals surface area (Å²) in [6.07, 6.45) is 4.27. The van der Waals surface area contributed by atoms with Gasteiger partial charge in [-0.2, -0.15) is 0 Å². The third kappa shape index (κ3) is 5.57. The van der Waals surface area contributed by atoms with Crippen LogP contribution in [0.5, 0.6) is 0 Å². The number of nitrogens with one attached hydrogen (secondary N) is 1. The number of halogens is 4. The number of nitrogens with zero attached hydrogens (tertiary/aromatic N) is 3. The molecule has 0 bridgehead atoms. The summed E-state index contributed by atoms with van der Waals surface area (Å²) >= 11 is 5.94. The molecular formula is C18H26Cl3FN4. The summed E-state index contributed by atoms with van der Waals surface area (Å²) in [4.78, 5) is 7.06. The maximum Gasteiger partial charge on any atom is 0.141 e. The van der Waals surface area contributed by atoms with Crippen LogP contribution in [0.4, 0.5) is 4.39 Å². The molecule has 0 amide bonds. The van der Waals surface area contributed by atoms with E-state index < -0.39 is 5.82 Å². The molecule has 0 aliphatic carbocycles. The van der Waals surface area contributed by atoms with E-state index in [0.29, 0.717) is 5.92 Å². The normalized spacial score (nSPS) is 14.8. The molecule has 2 aromatic rings. The highest BCUT2D eigenvalue weighted by atomic mass is 35.5. The van der Waals surface area contributed by atoms with Crippen LogP contribution in [0.1, 0.15) is 24.6 Å². The lowest BCUT2D eigenvalue weighted by molar-refractivity contribution is 0.369. The Balaban J connectivity index is 0.00000169. The van der Waals surface area contributed by atoms with Crippen molar-refractivity contribution in [1.82, 2.24) is 19.8 Å². The van der Waals surface area contributed by atoms with E-state index in [1.807, 2.05) is 0 Å². The molecule has 1 aromatic heterocycles. The fraction of sp³-hybridized carbons (Fsp3) is 0.500. The average Bonchev–Trinajstić information content (AvgIpc) is 3.00. The molecule has 3 rings (SSSR count). The molecule has 1 saturated heterocycles. The zero-order valence-electron chi connectivity index (χ0n) is 15.0. The molecule has 0 saturated carbocycles. The summed E-state index contributed by atoms with van der Waals surface area (Å²) in [5.74, 6) is 1.21. The molecule has 26 heavy (non-hydrogen) atoms. The maximum absolute atomic E-state index is 13.4. The summed E-state index contributed by atoms with van der Waals surface area (Å²) in [5.41, 5.74) is 1.73. The van der Waals surface area contributed by atoms with Crippen LogP contribution in [0, 0.1) is 5.82 Å². The van der Waals surface area contributed by atoms with Crippen LogP contribution in [-0.4, -0.2) is 48.2 Å². The van der Waals surface area contributed by atoms with Gasteiger partial charge < -0.3 is 14.8 Å². The molecule has 2 heterocycles. The molecular weight excluding hydrogens is 398 g/mol. The SMILES string of the molecule is CN(C)CCn1cc(-c2ccc(F)c(Cl)c2)nc1C1CCNCC1.Cl.Cl. The third-order valence-corrected chi connectivity index (χ3v) is 4.80. The van der Waals surface area contributed by atoms with Gasteiger partial charge in [-0.25, -0.2) is 9.37 Å². The van der Waals surface area contributed by atoms with Crippen molar-refractivity contribution in [2.75, 3.05) is 33.7 Å². The number of aromatic nitrogens is 2. The minimum absolute atomic E-state index is 0. The van der Waals surface area contributed by atoms with E-state index in [2.05, 4.69) is 35.1 Å². The minimum atomic E-state index is -0.397. The first-order chi connectivity index (χ1) is 11.5. The molecule has 146 valence electrons. The Labute approximate surface area is 171 Å². The van der Waals surface area contributed by atoms with E-state index in [1.165, 1.54) is 6.07 Å². The molecule has 0 unspecified atom stereocenters. The molecule has 1 fully saturated rings. The number of rotatable bonds is 5. The summed E-state index contributed by atoms with van der Waals surface area (Å²) in [5, 5.41) is 3.54. The fourth-order valence-corrected chi connectivity index (χ4v) is 3.30. The van der Waals surface area contributed by atoms with Crippen LogP contribution < -0.4 is 5.32 Å². The second kappa shape index (κ2) is 10.5.